The summed E-state index contributed by atoms with van der Waals surface area (Å²) in [6.07, 6.45) is 4.69. The average molecular weight is 295 g/mol. The van der Waals surface area contributed by atoms with Gasteiger partial charge in [0.05, 0.1) is 5.60 Å². The van der Waals surface area contributed by atoms with E-state index in [0.717, 1.165) is 42.2 Å². The normalized spacial score (nSPS) is 27.6. The molecular formula is C18H27ClO. The summed E-state index contributed by atoms with van der Waals surface area (Å²) < 4.78 is 0. The summed E-state index contributed by atoms with van der Waals surface area (Å²) in [6, 6.07) is 6.12. The van der Waals surface area contributed by atoms with E-state index < -0.39 is 5.60 Å². The third-order valence-corrected chi connectivity index (χ3v) is 5.22. The number of halogens is 1. The molecule has 2 heteroatoms. The summed E-state index contributed by atoms with van der Waals surface area (Å²) in [4.78, 5) is 0. The van der Waals surface area contributed by atoms with Gasteiger partial charge in [0, 0.05) is 11.4 Å². The summed E-state index contributed by atoms with van der Waals surface area (Å²) >= 11 is 6.30. The lowest BCUT2D eigenvalue weighted by Gasteiger charge is -2.41. The zero-order valence-corrected chi connectivity index (χ0v) is 13.9. The minimum Gasteiger partial charge on any atom is -0.390 e. The van der Waals surface area contributed by atoms with Crippen LogP contribution in [0.4, 0.5) is 0 Å². The zero-order valence-electron chi connectivity index (χ0n) is 13.2. The number of aliphatic hydroxyl groups is 1. The molecule has 2 rings (SSSR count). The third kappa shape index (κ3) is 3.77. The fourth-order valence-electron chi connectivity index (χ4n) is 3.35. The minimum atomic E-state index is -0.569. The van der Waals surface area contributed by atoms with E-state index in [1.807, 2.05) is 13.0 Å². The largest absolute Gasteiger partial charge is 0.390 e. The number of hydrogen-bond acceptors (Lipinski definition) is 1. The molecule has 0 aromatic heterocycles. The maximum atomic E-state index is 10.8. The van der Waals surface area contributed by atoms with Crippen molar-refractivity contribution in [1.29, 1.82) is 0 Å². The van der Waals surface area contributed by atoms with E-state index in [4.69, 9.17) is 11.6 Å². The summed E-state index contributed by atoms with van der Waals surface area (Å²) in [5, 5.41) is 11.6. The van der Waals surface area contributed by atoms with Crippen molar-refractivity contribution in [3.63, 3.8) is 0 Å². The topological polar surface area (TPSA) is 20.2 Å². The molecular weight excluding hydrogens is 268 g/mol. The van der Waals surface area contributed by atoms with E-state index in [1.54, 1.807) is 0 Å². The number of hydrogen-bond donors (Lipinski definition) is 1. The molecule has 112 valence electrons. The molecule has 1 saturated carbocycles. The van der Waals surface area contributed by atoms with Crippen LogP contribution in [0, 0.1) is 18.3 Å². The highest BCUT2D eigenvalue weighted by molar-refractivity contribution is 6.31. The van der Waals surface area contributed by atoms with Crippen LogP contribution in [0.1, 0.15) is 57.6 Å². The SMILES string of the molecule is Cc1ccc(CC2(O)CCC(C(C)(C)C)CC2)c(Cl)c1. The Labute approximate surface area is 128 Å². The van der Waals surface area contributed by atoms with Gasteiger partial charge in [0.25, 0.3) is 0 Å². The Morgan fingerprint density at radius 1 is 1.25 bits per heavy atom. The van der Waals surface area contributed by atoms with Crippen LogP contribution in [0.25, 0.3) is 0 Å². The summed E-state index contributed by atoms with van der Waals surface area (Å²) in [6.45, 7) is 8.95. The van der Waals surface area contributed by atoms with Gasteiger partial charge in [0.2, 0.25) is 0 Å². The van der Waals surface area contributed by atoms with Crippen molar-refractivity contribution in [2.24, 2.45) is 11.3 Å². The molecule has 0 radical (unpaired) electrons. The van der Waals surface area contributed by atoms with Crippen LogP contribution in [0.3, 0.4) is 0 Å². The lowest BCUT2D eigenvalue weighted by atomic mass is 9.67. The Balaban J connectivity index is 2.03. The van der Waals surface area contributed by atoms with Crippen LogP contribution < -0.4 is 0 Å². The predicted octanol–water partition coefficient (Wildman–Crippen LogP) is 5.16. The minimum absolute atomic E-state index is 0.350. The van der Waals surface area contributed by atoms with Gasteiger partial charge < -0.3 is 5.11 Å². The maximum absolute atomic E-state index is 10.8. The molecule has 0 heterocycles. The van der Waals surface area contributed by atoms with Crippen molar-refractivity contribution in [2.45, 2.75) is 65.4 Å². The van der Waals surface area contributed by atoms with Crippen LogP contribution in [0.2, 0.25) is 5.02 Å². The molecule has 1 aliphatic rings. The molecule has 0 unspecified atom stereocenters. The molecule has 0 atom stereocenters. The predicted molar refractivity (Wildman–Crippen MR) is 86.3 cm³/mol. The van der Waals surface area contributed by atoms with Crippen molar-refractivity contribution in [3.8, 4) is 0 Å². The molecule has 1 aromatic carbocycles. The second-order valence-electron chi connectivity index (χ2n) is 7.64. The molecule has 1 aromatic rings. The molecule has 1 nitrogen and oxygen atoms in total. The monoisotopic (exact) mass is 294 g/mol. The van der Waals surface area contributed by atoms with Gasteiger partial charge in [-0.05, 0) is 61.1 Å². The second kappa shape index (κ2) is 5.69. The number of benzene rings is 1. The first-order chi connectivity index (χ1) is 9.20. The van der Waals surface area contributed by atoms with Crippen molar-refractivity contribution in [3.05, 3.63) is 34.3 Å². The third-order valence-electron chi connectivity index (χ3n) is 4.87. The maximum Gasteiger partial charge on any atom is 0.0688 e. The highest BCUT2D eigenvalue weighted by Crippen LogP contribution is 2.42. The van der Waals surface area contributed by atoms with Gasteiger partial charge in [-0.1, -0.05) is 44.5 Å². The molecule has 0 amide bonds. The van der Waals surface area contributed by atoms with E-state index in [1.165, 1.54) is 5.56 Å². The highest BCUT2D eigenvalue weighted by atomic mass is 35.5. The lowest BCUT2D eigenvalue weighted by Crippen LogP contribution is -2.39. The van der Waals surface area contributed by atoms with Crippen LogP contribution in [0.5, 0.6) is 0 Å². The van der Waals surface area contributed by atoms with Crippen LogP contribution >= 0.6 is 11.6 Å². The second-order valence-corrected chi connectivity index (χ2v) is 8.04. The molecule has 0 spiro atoms. The van der Waals surface area contributed by atoms with E-state index in [-0.39, 0.29) is 0 Å². The van der Waals surface area contributed by atoms with Crippen molar-refractivity contribution in [2.75, 3.05) is 0 Å². The average Bonchev–Trinajstić information content (AvgIpc) is 2.32. The molecule has 0 aliphatic heterocycles. The van der Waals surface area contributed by atoms with Crippen molar-refractivity contribution < 1.29 is 5.11 Å². The Morgan fingerprint density at radius 3 is 2.35 bits per heavy atom. The first kappa shape index (κ1) is 15.9. The van der Waals surface area contributed by atoms with E-state index in [2.05, 4.69) is 32.9 Å². The first-order valence-electron chi connectivity index (χ1n) is 7.67. The van der Waals surface area contributed by atoms with Gasteiger partial charge in [0.15, 0.2) is 0 Å². The van der Waals surface area contributed by atoms with Gasteiger partial charge in [-0.2, -0.15) is 0 Å². The molecule has 0 bridgehead atoms. The quantitative estimate of drug-likeness (QED) is 0.799. The van der Waals surface area contributed by atoms with Gasteiger partial charge >= 0.3 is 0 Å². The van der Waals surface area contributed by atoms with Crippen LogP contribution in [0.15, 0.2) is 18.2 Å². The summed E-state index contributed by atoms with van der Waals surface area (Å²) in [5.74, 6) is 0.719. The summed E-state index contributed by atoms with van der Waals surface area (Å²) in [5.41, 5.74) is 2.03. The molecule has 1 N–H and O–H groups in total. The highest BCUT2D eigenvalue weighted by Gasteiger charge is 2.37. The molecule has 0 saturated heterocycles. The smallest absolute Gasteiger partial charge is 0.0688 e. The zero-order chi connectivity index (χ0) is 15.0. The Bertz CT molecular complexity index is 465. The van der Waals surface area contributed by atoms with E-state index in [9.17, 15) is 5.11 Å². The van der Waals surface area contributed by atoms with Gasteiger partial charge in [-0.25, -0.2) is 0 Å². The van der Waals surface area contributed by atoms with Crippen LogP contribution in [-0.4, -0.2) is 10.7 Å². The first-order valence-corrected chi connectivity index (χ1v) is 8.05. The fourth-order valence-corrected chi connectivity index (χ4v) is 3.65. The Morgan fingerprint density at radius 2 is 1.85 bits per heavy atom. The van der Waals surface area contributed by atoms with Crippen LogP contribution in [-0.2, 0) is 6.42 Å². The Kier molecular flexibility index (Phi) is 4.51. The standard InChI is InChI=1S/C18H27ClO/c1-13-5-6-14(16(19)11-13)12-18(20)9-7-15(8-10-18)17(2,3)4/h5-6,11,15,20H,7-10,12H2,1-4H3. The van der Waals surface area contributed by atoms with E-state index >= 15 is 0 Å². The summed E-state index contributed by atoms with van der Waals surface area (Å²) in [7, 11) is 0. The van der Waals surface area contributed by atoms with Gasteiger partial charge in [0.1, 0.15) is 0 Å². The number of rotatable bonds is 2. The van der Waals surface area contributed by atoms with Gasteiger partial charge in [-0.3, -0.25) is 0 Å². The number of aryl methyl sites for hydroxylation is 1. The lowest BCUT2D eigenvalue weighted by molar-refractivity contribution is -0.0245. The molecule has 1 fully saturated rings. The molecule has 20 heavy (non-hydrogen) atoms. The van der Waals surface area contributed by atoms with Crippen molar-refractivity contribution >= 4 is 11.6 Å². The molecule has 1 aliphatic carbocycles. The fraction of sp³-hybridized carbons (Fsp3) is 0.667. The van der Waals surface area contributed by atoms with Gasteiger partial charge in [-0.15, -0.1) is 0 Å². The van der Waals surface area contributed by atoms with Crippen molar-refractivity contribution in [1.82, 2.24) is 0 Å². The Hall–Kier alpha value is -0.530. The van der Waals surface area contributed by atoms with E-state index in [0.29, 0.717) is 11.8 Å².